The average Bonchev–Trinajstić information content (AvgIpc) is 2.56. The van der Waals surface area contributed by atoms with E-state index in [1.54, 1.807) is 0 Å². The fourth-order valence-electron chi connectivity index (χ4n) is 2.19. The summed E-state index contributed by atoms with van der Waals surface area (Å²) in [6.45, 7) is -0.656. The summed E-state index contributed by atoms with van der Waals surface area (Å²) < 4.78 is 212. The first-order valence-corrected chi connectivity index (χ1v) is 8.80. The Morgan fingerprint density at radius 3 is 1.41 bits per heavy atom. The van der Waals surface area contributed by atoms with E-state index in [0.717, 1.165) is 6.92 Å². The van der Waals surface area contributed by atoms with Gasteiger partial charge in [0, 0.05) is 6.42 Å². The fraction of sp³-hybridized carbons (Fsp3) is 0.938. The highest BCUT2D eigenvalue weighted by atomic mass is 19.4. The maximum atomic E-state index is 13.6. The summed E-state index contributed by atoms with van der Waals surface area (Å²) in [6, 6.07) is 0. The molecule has 0 bridgehead atoms. The third-order valence-corrected chi connectivity index (χ3v) is 4.74. The highest BCUT2D eigenvalue weighted by Gasteiger charge is 2.76. The van der Waals surface area contributed by atoms with Crippen LogP contribution in [-0.2, 0) is 9.53 Å². The van der Waals surface area contributed by atoms with Crippen LogP contribution in [0.3, 0.4) is 0 Å². The number of carbonyl (C=O) groups is 1. The lowest BCUT2D eigenvalue weighted by Gasteiger charge is -2.36. The number of hydrogen-bond acceptors (Lipinski definition) is 2. The fourth-order valence-corrected chi connectivity index (χ4v) is 2.19. The molecule has 2 nitrogen and oxygen atoms in total. The lowest BCUT2D eigenvalue weighted by Crippen LogP contribution is -2.58. The van der Waals surface area contributed by atoms with Crippen molar-refractivity contribution in [3.63, 3.8) is 0 Å². The second-order valence-corrected chi connectivity index (χ2v) is 7.46. The standard InChI is InChI=1S/C16H16F16O2/c1-3-9(2,15(27,28)29)8(33)34-5-4-10(17,18)6-11(19,20)14(25,26)12(21,22)7-13(23,24)16(30,31)32/h3-7H2,1-2H3. The lowest BCUT2D eigenvalue weighted by molar-refractivity contribution is -0.357. The highest BCUT2D eigenvalue weighted by Crippen LogP contribution is 2.55. The average molecular weight is 544 g/mol. The zero-order valence-electron chi connectivity index (χ0n) is 16.9. The molecule has 0 saturated heterocycles. The van der Waals surface area contributed by atoms with Gasteiger partial charge in [0.25, 0.3) is 5.92 Å². The van der Waals surface area contributed by atoms with Gasteiger partial charge in [0.1, 0.15) is 0 Å². The van der Waals surface area contributed by atoms with Crippen molar-refractivity contribution in [2.24, 2.45) is 5.41 Å². The van der Waals surface area contributed by atoms with Gasteiger partial charge in [-0.1, -0.05) is 6.92 Å². The van der Waals surface area contributed by atoms with Crippen LogP contribution in [0.1, 0.15) is 39.5 Å². The van der Waals surface area contributed by atoms with E-state index in [4.69, 9.17) is 0 Å². The van der Waals surface area contributed by atoms with Crippen molar-refractivity contribution < 1.29 is 79.8 Å². The molecule has 0 heterocycles. The summed E-state index contributed by atoms with van der Waals surface area (Å²) >= 11 is 0. The van der Waals surface area contributed by atoms with Crippen LogP contribution in [0.2, 0.25) is 0 Å². The van der Waals surface area contributed by atoms with E-state index in [-0.39, 0.29) is 0 Å². The molecular formula is C16H16F16O2. The van der Waals surface area contributed by atoms with Crippen LogP contribution in [0.4, 0.5) is 70.2 Å². The molecule has 18 heteroatoms. The molecule has 0 amide bonds. The molecule has 0 aliphatic heterocycles. The van der Waals surface area contributed by atoms with Gasteiger partial charge in [0.2, 0.25) is 0 Å². The summed E-state index contributed by atoms with van der Waals surface area (Å²) in [5.41, 5.74) is -3.23. The van der Waals surface area contributed by atoms with E-state index in [1.165, 1.54) is 0 Å². The number of hydrogen-bond donors (Lipinski definition) is 0. The first-order chi connectivity index (χ1) is 14.6. The van der Waals surface area contributed by atoms with Crippen LogP contribution < -0.4 is 0 Å². The van der Waals surface area contributed by atoms with E-state index < -0.39 is 85.6 Å². The third kappa shape index (κ3) is 6.73. The minimum absolute atomic E-state index is 0.293. The van der Waals surface area contributed by atoms with Crippen LogP contribution in [0.5, 0.6) is 0 Å². The molecule has 0 saturated carbocycles. The molecule has 0 N–H and O–H groups in total. The van der Waals surface area contributed by atoms with E-state index in [1.807, 2.05) is 0 Å². The molecule has 0 aliphatic carbocycles. The molecule has 0 aromatic carbocycles. The normalized spacial score (nSPS) is 16.9. The predicted molar refractivity (Wildman–Crippen MR) is 80.1 cm³/mol. The molecule has 0 aromatic rings. The summed E-state index contributed by atoms with van der Waals surface area (Å²) in [5, 5.41) is 0. The molecular weight excluding hydrogens is 528 g/mol. The maximum Gasteiger partial charge on any atom is 0.453 e. The lowest BCUT2D eigenvalue weighted by atomic mass is 9.87. The van der Waals surface area contributed by atoms with Crippen LogP contribution in [0.25, 0.3) is 0 Å². The summed E-state index contributed by atoms with van der Waals surface area (Å²) in [4.78, 5) is 11.5. The monoisotopic (exact) mass is 544 g/mol. The molecule has 0 aromatic heterocycles. The quantitative estimate of drug-likeness (QED) is 0.200. The Morgan fingerprint density at radius 1 is 0.647 bits per heavy atom. The van der Waals surface area contributed by atoms with Gasteiger partial charge in [-0.2, -0.15) is 61.5 Å². The minimum Gasteiger partial charge on any atom is -0.465 e. The molecule has 34 heavy (non-hydrogen) atoms. The van der Waals surface area contributed by atoms with Crippen molar-refractivity contribution in [3.05, 3.63) is 0 Å². The Hall–Kier alpha value is -1.65. The van der Waals surface area contributed by atoms with Gasteiger partial charge >= 0.3 is 42.0 Å². The smallest absolute Gasteiger partial charge is 0.453 e. The number of alkyl halides is 16. The van der Waals surface area contributed by atoms with Crippen LogP contribution in [-0.4, -0.2) is 54.5 Å². The van der Waals surface area contributed by atoms with Crippen molar-refractivity contribution >= 4 is 5.97 Å². The largest absolute Gasteiger partial charge is 0.465 e. The van der Waals surface area contributed by atoms with Gasteiger partial charge in [-0.05, 0) is 13.3 Å². The third-order valence-electron chi connectivity index (χ3n) is 4.74. The van der Waals surface area contributed by atoms with E-state index in [0.29, 0.717) is 6.92 Å². The van der Waals surface area contributed by atoms with Crippen molar-refractivity contribution in [2.75, 3.05) is 6.61 Å². The molecule has 0 spiro atoms. The first-order valence-electron chi connectivity index (χ1n) is 8.80. The van der Waals surface area contributed by atoms with Crippen LogP contribution in [0, 0.1) is 5.41 Å². The predicted octanol–water partition coefficient (Wildman–Crippen LogP) is 7.42. The van der Waals surface area contributed by atoms with Crippen molar-refractivity contribution in [3.8, 4) is 0 Å². The van der Waals surface area contributed by atoms with Gasteiger partial charge in [-0.3, -0.25) is 4.79 Å². The topological polar surface area (TPSA) is 26.3 Å². The Morgan fingerprint density at radius 2 is 1.06 bits per heavy atom. The molecule has 1 unspecified atom stereocenters. The Labute approximate surface area is 180 Å². The van der Waals surface area contributed by atoms with E-state index >= 15 is 0 Å². The maximum absolute atomic E-state index is 13.6. The zero-order valence-corrected chi connectivity index (χ0v) is 16.9. The molecule has 204 valence electrons. The summed E-state index contributed by atoms with van der Waals surface area (Å²) in [7, 11) is 0. The number of halogens is 16. The molecule has 0 fully saturated rings. The number of esters is 1. The van der Waals surface area contributed by atoms with Crippen molar-refractivity contribution in [1.29, 1.82) is 0 Å². The zero-order chi connectivity index (χ0) is 27.8. The number of carbonyl (C=O) groups excluding carboxylic acids is 1. The molecule has 1 atom stereocenters. The van der Waals surface area contributed by atoms with Crippen molar-refractivity contribution in [1.82, 2.24) is 0 Å². The second kappa shape index (κ2) is 9.43. The number of ether oxygens (including phenoxy) is 1. The SMILES string of the molecule is CCC(C)(C(=O)OCCC(F)(F)CC(F)(F)C(F)(F)C(F)(F)CC(F)(F)C(F)(F)F)C(F)(F)F. The van der Waals surface area contributed by atoms with Gasteiger partial charge < -0.3 is 4.74 Å². The van der Waals surface area contributed by atoms with E-state index in [2.05, 4.69) is 4.74 Å². The number of rotatable bonds is 11. The van der Waals surface area contributed by atoms with Gasteiger partial charge in [-0.15, -0.1) is 0 Å². The first kappa shape index (κ1) is 32.4. The molecule has 0 rings (SSSR count). The summed E-state index contributed by atoms with van der Waals surface area (Å²) in [5.74, 6) is -34.5. The van der Waals surface area contributed by atoms with Crippen LogP contribution in [0.15, 0.2) is 0 Å². The van der Waals surface area contributed by atoms with Gasteiger partial charge in [0.15, 0.2) is 5.41 Å². The molecule has 0 radical (unpaired) electrons. The Balaban J connectivity index is 5.49. The van der Waals surface area contributed by atoms with Crippen LogP contribution >= 0.6 is 0 Å². The van der Waals surface area contributed by atoms with Crippen molar-refractivity contribution in [2.45, 2.75) is 81.5 Å². The minimum atomic E-state index is -7.15. The second-order valence-electron chi connectivity index (χ2n) is 7.46. The Kier molecular flexibility index (Phi) is 8.97. The Bertz CT molecular complexity index is 709. The summed E-state index contributed by atoms with van der Waals surface area (Å²) in [6.07, 6.45) is -23.0. The van der Waals surface area contributed by atoms with Gasteiger partial charge in [0.05, 0.1) is 19.4 Å². The highest BCUT2D eigenvalue weighted by molar-refractivity contribution is 5.77. The molecule has 0 aliphatic rings. The van der Waals surface area contributed by atoms with Gasteiger partial charge in [-0.25, -0.2) is 8.78 Å². The van der Waals surface area contributed by atoms with E-state index in [9.17, 15) is 75.0 Å².